The molecule has 0 atom stereocenters. The Morgan fingerprint density at radius 2 is 1.91 bits per heavy atom. The van der Waals surface area contributed by atoms with Gasteiger partial charge in [-0.3, -0.25) is 4.79 Å². The third-order valence-corrected chi connectivity index (χ3v) is 4.25. The molecular weight excluding hydrogens is 296 g/mol. The Hall–Kier alpha value is -2.34. The minimum atomic E-state index is -0.0785. The number of aromatic nitrogens is 3. The number of thioether (sulfide) groups is 1. The molecule has 1 aromatic heterocycles. The van der Waals surface area contributed by atoms with Crippen LogP contribution < -0.4 is 5.32 Å². The SMILES string of the molecule is O=C(NCCSCc1ccccc1)c1ccc2n[nH]nc2c1. The van der Waals surface area contributed by atoms with Gasteiger partial charge in [-0.05, 0) is 23.8 Å². The van der Waals surface area contributed by atoms with Crippen LogP contribution in [0.1, 0.15) is 15.9 Å². The zero-order valence-electron chi connectivity index (χ0n) is 12.0. The van der Waals surface area contributed by atoms with E-state index < -0.39 is 0 Å². The van der Waals surface area contributed by atoms with Crippen molar-refractivity contribution in [2.24, 2.45) is 0 Å². The highest BCUT2D eigenvalue weighted by atomic mass is 32.2. The largest absolute Gasteiger partial charge is 0.351 e. The van der Waals surface area contributed by atoms with Gasteiger partial charge in [0, 0.05) is 23.6 Å². The van der Waals surface area contributed by atoms with Gasteiger partial charge in [-0.25, -0.2) is 0 Å². The number of carbonyl (C=O) groups is 1. The van der Waals surface area contributed by atoms with Crippen LogP contribution in [-0.2, 0) is 5.75 Å². The Morgan fingerprint density at radius 3 is 2.77 bits per heavy atom. The number of hydrogen-bond acceptors (Lipinski definition) is 4. The van der Waals surface area contributed by atoms with Crippen LogP contribution in [0, 0.1) is 0 Å². The lowest BCUT2D eigenvalue weighted by Gasteiger charge is -2.05. The van der Waals surface area contributed by atoms with Crippen LogP contribution in [0.25, 0.3) is 11.0 Å². The third-order valence-electron chi connectivity index (χ3n) is 3.22. The van der Waals surface area contributed by atoms with Crippen molar-refractivity contribution >= 4 is 28.7 Å². The predicted molar refractivity (Wildman–Crippen MR) is 88.8 cm³/mol. The summed E-state index contributed by atoms with van der Waals surface area (Å²) in [6, 6.07) is 15.6. The molecule has 6 heteroatoms. The Balaban J connectivity index is 1.44. The van der Waals surface area contributed by atoms with Crippen molar-refractivity contribution in [1.82, 2.24) is 20.7 Å². The van der Waals surface area contributed by atoms with E-state index >= 15 is 0 Å². The molecular formula is C16H16N4OS. The van der Waals surface area contributed by atoms with Crippen LogP contribution in [0.3, 0.4) is 0 Å². The van der Waals surface area contributed by atoms with E-state index in [0.29, 0.717) is 17.6 Å². The Morgan fingerprint density at radius 1 is 1.09 bits per heavy atom. The standard InChI is InChI=1S/C16H16N4OS/c21-16(13-6-7-14-15(10-13)19-20-18-14)17-8-9-22-11-12-4-2-1-3-5-12/h1-7,10H,8-9,11H2,(H,17,21)(H,18,19,20). The number of fused-ring (bicyclic) bond motifs is 1. The molecule has 0 unspecified atom stereocenters. The quantitative estimate of drug-likeness (QED) is 0.686. The van der Waals surface area contributed by atoms with Crippen molar-refractivity contribution in [3.8, 4) is 0 Å². The molecule has 3 aromatic rings. The summed E-state index contributed by atoms with van der Waals surface area (Å²) < 4.78 is 0. The molecule has 0 saturated heterocycles. The van der Waals surface area contributed by atoms with E-state index in [-0.39, 0.29) is 5.91 Å². The van der Waals surface area contributed by atoms with Gasteiger partial charge in [-0.2, -0.15) is 27.2 Å². The molecule has 0 aliphatic rings. The molecule has 0 radical (unpaired) electrons. The van der Waals surface area contributed by atoms with Crippen molar-refractivity contribution in [3.05, 3.63) is 59.7 Å². The summed E-state index contributed by atoms with van der Waals surface area (Å²) in [5.74, 6) is 1.76. The molecule has 22 heavy (non-hydrogen) atoms. The van der Waals surface area contributed by atoms with Crippen LogP contribution in [-0.4, -0.2) is 33.6 Å². The number of nitrogens with zero attached hydrogens (tertiary/aromatic N) is 2. The van der Waals surface area contributed by atoms with Crippen LogP contribution in [0.15, 0.2) is 48.5 Å². The third kappa shape index (κ3) is 3.65. The highest BCUT2D eigenvalue weighted by Gasteiger charge is 2.07. The second-order valence-electron chi connectivity index (χ2n) is 4.82. The fourth-order valence-corrected chi connectivity index (χ4v) is 2.90. The van der Waals surface area contributed by atoms with Gasteiger partial charge < -0.3 is 5.32 Å². The van der Waals surface area contributed by atoms with Gasteiger partial charge in [0.25, 0.3) is 5.91 Å². The summed E-state index contributed by atoms with van der Waals surface area (Å²) in [6.07, 6.45) is 0. The van der Waals surface area contributed by atoms with Crippen LogP contribution in [0.4, 0.5) is 0 Å². The Labute approximate surface area is 132 Å². The number of hydrogen-bond donors (Lipinski definition) is 2. The first-order chi connectivity index (χ1) is 10.8. The molecule has 0 aliphatic heterocycles. The fourth-order valence-electron chi connectivity index (χ4n) is 2.08. The minimum Gasteiger partial charge on any atom is -0.351 e. The highest BCUT2D eigenvalue weighted by Crippen LogP contribution is 2.12. The first-order valence-electron chi connectivity index (χ1n) is 7.03. The first kappa shape index (κ1) is 14.6. The number of rotatable bonds is 6. The number of amides is 1. The summed E-state index contributed by atoms with van der Waals surface area (Å²) >= 11 is 1.81. The maximum absolute atomic E-state index is 12.1. The van der Waals surface area contributed by atoms with E-state index in [1.807, 2.05) is 18.2 Å². The summed E-state index contributed by atoms with van der Waals surface area (Å²) in [4.78, 5) is 12.1. The second kappa shape index (κ2) is 7.09. The highest BCUT2D eigenvalue weighted by molar-refractivity contribution is 7.98. The smallest absolute Gasteiger partial charge is 0.251 e. The van der Waals surface area contributed by atoms with Crippen molar-refractivity contribution in [2.75, 3.05) is 12.3 Å². The Kier molecular flexibility index (Phi) is 4.70. The van der Waals surface area contributed by atoms with Crippen molar-refractivity contribution in [3.63, 3.8) is 0 Å². The lowest BCUT2D eigenvalue weighted by molar-refractivity contribution is 0.0956. The van der Waals surface area contributed by atoms with Gasteiger partial charge in [-0.1, -0.05) is 30.3 Å². The average molecular weight is 312 g/mol. The Bertz CT molecular complexity index is 757. The van der Waals surface area contributed by atoms with E-state index in [0.717, 1.165) is 17.0 Å². The minimum absolute atomic E-state index is 0.0785. The molecule has 0 aliphatic carbocycles. The lowest BCUT2D eigenvalue weighted by Crippen LogP contribution is -2.25. The van der Waals surface area contributed by atoms with E-state index in [9.17, 15) is 4.79 Å². The molecule has 1 amide bonds. The van der Waals surface area contributed by atoms with Crippen molar-refractivity contribution < 1.29 is 4.79 Å². The first-order valence-corrected chi connectivity index (χ1v) is 8.19. The summed E-state index contributed by atoms with van der Waals surface area (Å²) in [7, 11) is 0. The molecule has 0 spiro atoms. The van der Waals surface area contributed by atoms with Crippen LogP contribution in [0.2, 0.25) is 0 Å². The molecule has 2 N–H and O–H groups in total. The van der Waals surface area contributed by atoms with Crippen molar-refractivity contribution in [1.29, 1.82) is 0 Å². The maximum Gasteiger partial charge on any atom is 0.251 e. The van der Waals surface area contributed by atoms with Gasteiger partial charge in [-0.15, -0.1) is 0 Å². The second-order valence-corrected chi connectivity index (χ2v) is 5.93. The van der Waals surface area contributed by atoms with Gasteiger partial charge in [0.1, 0.15) is 11.0 Å². The summed E-state index contributed by atoms with van der Waals surface area (Å²) in [6.45, 7) is 0.646. The molecule has 1 heterocycles. The van der Waals surface area contributed by atoms with Crippen molar-refractivity contribution in [2.45, 2.75) is 5.75 Å². The van der Waals surface area contributed by atoms with Crippen LogP contribution in [0.5, 0.6) is 0 Å². The van der Waals surface area contributed by atoms with Gasteiger partial charge in [0.2, 0.25) is 0 Å². The van der Waals surface area contributed by atoms with Gasteiger partial charge >= 0.3 is 0 Å². The zero-order chi connectivity index (χ0) is 15.2. The molecule has 0 bridgehead atoms. The molecule has 2 aromatic carbocycles. The van der Waals surface area contributed by atoms with E-state index in [1.54, 1.807) is 30.0 Å². The molecule has 112 valence electrons. The number of benzene rings is 2. The monoisotopic (exact) mass is 312 g/mol. The van der Waals surface area contributed by atoms with E-state index in [2.05, 4.69) is 32.9 Å². The summed E-state index contributed by atoms with van der Waals surface area (Å²) in [5, 5.41) is 13.4. The normalized spacial score (nSPS) is 10.7. The topological polar surface area (TPSA) is 70.7 Å². The van der Waals surface area contributed by atoms with E-state index in [1.165, 1.54) is 5.56 Å². The number of H-pyrrole nitrogens is 1. The molecule has 0 saturated carbocycles. The number of carbonyl (C=O) groups excluding carboxylic acids is 1. The van der Waals surface area contributed by atoms with Gasteiger partial charge in [0.15, 0.2) is 0 Å². The summed E-state index contributed by atoms with van der Waals surface area (Å²) in [5.41, 5.74) is 3.37. The number of nitrogens with one attached hydrogen (secondary N) is 2. The molecule has 0 fully saturated rings. The van der Waals surface area contributed by atoms with E-state index in [4.69, 9.17) is 0 Å². The predicted octanol–water partition coefficient (Wildman–Crippen LogP) is 2.62. The number of aromatic amines is 1. The molecule has 3 rings (SSSR count). The fraction of sp³-hybridized carbons (Fsp3) is 0.188. The lowest BCUT2D eigenvalue weighted by atomic mass is 10.2. The van der Waals surface area contributed by atoms with Gasteiger partial charge in [0.05, 0.1) is 0 Å². The van der Waals surface area contributed by atoms with Crippen LogP contribution >= 0.6 is 11.8 Å². The average Bonchev–Trinajstić information content (AvgIpc) is 3.03. The maximum atomic E-state index is 12.1. The molecule has 5 nitrogen and oxygen atoms in total. The zero-order valence-corrected chi connectivity index (χ0v) is 12.8.